The molecule has 1 saturated heterocycles. The predicted octanol–water partition coefficient (Wildman–Crippen LogP) is 1.67. The molecule has 1 aromatic carbocycles. The highest BCUT2D eigenvalue weighted by atomic mass is 16.6. The summed E-state index contributed by atoms with van der Waals surface area (Å²) in [4.78, 5) is 15.3. The van der Waals surface area contributed by atoms with Crippen molar-refractivity contribution < 1.29 is 13.9 Å². The van der Waals surface area contributed by atoms with Crippen LogP contribution in [0.15, 0.2) is 46.9 Å². The van der Waals surface area contributed by atoms with Gasteiger partial charge in [-0.15, -0.1) is 0 Å². The molecule has 1 aliphatic heterocycles. The Kier molecular flexibility index (Phi) is 4.95. The van der Waals surface area contributed by atoms with Gasteiger partial charge in [0.05, 0.1) is 13.1 Å². The third kappa shape index (κ3) is 4.58. The van der Waals surface area contributed by atoms with Crippen LogP contribution >= 0.6 is 0 Å². The summed E-state index contributed by atoms with van der Waals surface area (Å²) in [6.07, 6.45) is 0. The van der Waals surface area contributed by atoms with Crippen LogP contribution in [0.1, 0.15) is 5.76 Å². The Labute approximate surface area is 135 Å². The minimum Gasteiger partial charge on any atom is -0.429 e. The Bertz CT molecular complexity index is 634. The fourth-order valence-corrected chi connectivity index (χ4v) is 2.65. The lowest BCUT2D eigenvalue weighted by Gasteiger charge is -2.33. The summed E-state index contributed by atoms with van der Waals surface area (Å²) >= 11 is 0. The molecule has 0 unspecified atom stereocenters. The molecule has 23 heavy (non-hydrogen) atoms. The maximum absolute atomic E-state index is 10.9. The molecule has 2 aromatic rings. The standard InChI is InChI=1S/C17H21N3O3/c18-16(21)13-20-10-8-19(9-11-20)12-15-6-7-17(23-15)22-14-4-2-1-3-5-14/h1-7H,8-13H2,(H2,18,21). The summed E-state index contributed by atoms with van der Waals surface area (Å²) in [6.45, 7) is 4.55. The molecule has 0 spiro atoms. The van der Waals surface area contributed by atoms with Crippen molar-refractivity contribution in [2.75, 3.05) is 32.7 Å². The lowest BCUT2D eigenvalue weighted by Crippen LogP contribution is -2.48. The Morgan fingerprint density at radius 1 is 1.04 bits per heavy atom. The third-order valence-electron chi connectivity index (χ3n) is 3.82. The molecule has 6 nitrogen and oxygen atoms in total. The molecular formula is C17H21N3O3. The third-order valence-corrected chi connectivity index (χ3v) is 3.82. The number of nitrogens with two attached hydrogens (primary N) is 1. The van der Waals surface area contributed by atoms with Gasteiger partial charge >= 0.3 is 0 Å². The van der Waals surface area contributed by atoms with Gasteiger partial charge in [-0.3, -0.25) is 14.6 Å². The van der Waals surface area contributed by atoms with Gasteiger partial charge in [0, 0.05) is 32.2 Å². The van der Waals surface area contributed by atoms with Crippen molar-refractivity contribution in [1.29, 1.82) is 0 Å². The molecule has 0 atom stereocenters. The van der Waals surface area contributed by atoms with E-state index < -0.39 is 0 Å². The zero-order valence-corrected chi connectivity index (χ0v) is 13.0. The first-order chi connectivity index (χ1) is 11.2. The fraction of sp³-hybridized carbons (Fsp3) is 0.353. The van der Waals surface area contributed by atoms with E-state index in [2.05, 4.69) is 9.80 Å². The fourth-order valence-electron chi connectivity index (χ4n) is 2.65. The lowest BCUT2D eigenvalue weighted by molar-refractivity contribution is -0.119. The molecule has 0 radical (unpaired) electrons. The number of carbonyl (C=O) groups is 1. The van der Waals surface area contributed by atoms with Crippen LogP contribution in [0.4, 0.5) is 0 Å². The van der Waals surface area contributed by atoms with E-state index >= 15 is 0 Å². The number of hydrogen-bond acceptors (Lipinski definition) is 5. The number of primary amides is 1. The molecule has 0 bridgehead atoms. The smallest absolute Gasteiger partial charge is 0.290 e. The number of hydrogen-bond donors (Lipinski definition) is 1. The van der Waals surface area contributed by atoms with Crippen molar-refractivity contribution in [1.82, 2.24) is 9.80 Å². The van der Waals surface area contributed by atoms with Crippen LogP contribution < -0.4 is 10.5 Å². The molecule has 3 rings (SSSR count). The van der Waals surface area contributed by atoms with E-state index in [1.807, 2.05) is 42.5 Å². The summed E-state index contributed by atoms with van der Waals surface area (Å²) in [5, 5.41) is 0. The number of nitrogens with zero attached hydrogens (tertiary/aromatic N) is 2. The molecule has 122 valence electrons. The second-order valence-corrected chi connectivity index (χ2v) is 5.65. The van der Waals surface area contributed by atoms with Crippen LogP contribution in [0.2, 0.25) is 0 Å². The molecule has 0 saturated carbocycles. The average molecular weight is 315 g/mol. The number of amides is 1. The van der Waals surface area contributed by atoms with Crippen LogP contribution in [0.3, 0.4) is 0 Å². The summed E-state index contributed by atoms with van der Waals surface area (Å²) in [6, 6.07) is 13.3. The molecule has 1 amide bonds. The second kappa shape index (κ2) is 7.30. The number of ether oxygens (including phenoxy) is 1. The number of rotatable bonds is 6. The van der Waals surface area contributed by atoms with Crippen LogP contribution in [0, 0.1) is 0 Å². The van der Waals surface area contributed by atoms with Gasteiger partial charge in [0.15, 0.2) is 0 Å². The molecule has 1 aliphatic rings. The van der Waals surface area contributed by atoms with Crippen LogP contribution in [-0.2, 0) is 11.3 Å². The molecule has 1 aromatic heterocycles. The van der Waals surface area contributed by atoms with E-state index in [1.165, 1.54) is 0 Å². The van der Waals surface area contributed by atoms with Gasteiger partial charge in [0.2, 0.25) is 5.91 Å². The molecule has 0 aliphatic carbocycles. The van der Waals surface area contributed by atoms with Crippen molar-refractivity contribution >= 4 is 5.91 Å². The van der Waals surface area contributed by atoms with Crippen LogP contribution in [-0.4, -0.2) is 48.4 Å². The van der Waals surface area contributed by atoms with Gasteiger partial charge in [-0.2, -0.15) is 0 Å². The number of furan rings is 1. The van der Waals surface area contributed by atoms with Crippen molar-refractivity contribution in [3.05, 3.63) is 48.2 Å². The minimum atomic E-state index is -0.271. The van der Waals surface area contributed by atoms with Gasteiger partial charge in [-0.05, 0) is 18.2 Å². The molecule has 6 heteroatoms. The summed E-state index contributed by atoms with van der Waals surface area (Å²) < 4.78 is 11.4. The quantitative estimate of drug-likeness (QED) is 0.878. The van der Waals surface area contributed by atoms with E-state index in [9.17, 15) is 4.79 Å². The van der Waals surface area contributed by atoms with Crippen molar-refractivity contribution in [2.45, 2.75) is 6.54 Å². The summed E-state index contributed by atoms with van der Waals surface area (Å²) in [5.41, 5.74) is 5.22. The van der Waals surface area contributed by atoms with Gasteiger partial charge < -0.3 is 14.9 Å². The van der Waals surface area contributed by atoms with Crippen molar-refractivity contribution in [2.24, 2.45) is 5.73 Å². The zero-order chi connectivity index (χ0) is 16.1. The van der Waals surface area contributed by atoms with Crippen molar-refractivity contribution in [3.63, 3.8) is 0 Å². The first-order valence-electron chi connectivity index (χ1n) is 7.74. The first-order valence-corrected chi connectivity index (χ1v) is 7.74. The molecular weight excluding hydrogens is 294 g/mol. The van der Waals surface area contributed by atoms with Crippen molar-refractivity contribution in [3.8, 4) is 11.7 Å². The monoisotopic (exact) mass is 315 g/mol. The lowest BCUT2D eigenvalue weighted by atomic mass is 10.3. The average Bonchev–Trinajstić information content (AvgIpc) is 2.97. The highest BCUT2D eigenvalue weighted by Gasteiger charge is 2.19. The maximum atomic E-state index is 10.9. The maximum Gasteiger partial charge on any atom is 0.290 e. The molecule has 2 heterocycles. The largest absolute Gasteiger partial charge is 0.429 e. The van der Waals surface area contributed by atoms with Gasteiger partial charge in [-0.25, -0.2) is 0 Å². The Morgan fingerprint density at radius 3 is 2.43 bits per heavy atom. The summed E-state index contributed by atoms with van der Waals surface area (Å²) in [5.74, 6) is 1.86. The molecule has 1 fully saturated rings. The summed E-state index contributed by atoms with van der Waals surface area (Å²) in [7, 11) is 0. The van der Waals surface area contributed by atoms with Gasteiger partial charge in [-0.1, -0.05) is 18.2 Å². The van der Waals surface area contributed by atoms with E-state index in [-0.39, 0.29) is 5.91 Å². The Balaban J connectivity index is 1.49. The van der Waals surface area contributed by atoms with E-state index in [0.29, 0.717) is 12.5 Å². The normalized spacial score (nSPS) is 16.3. The predicted molar refractivity (Wildman–Crippen MR) is 86.1 cm³/mol. The first kappa shape index (κ1) is 15.6. The van der Waals surface area contributed by atoms with Crippen LogP contribution in [0.5, 0.6) is 11.7 Å². The SMILES string of the molecule is NC(=O)CN1CCN(Cc2ccc(Oc3ccccc3)o2)CC1. The van der Waals surface area contributed by atoms with E-state index in [4.69, 9.17) is 14.9 Å². The topological polar surface area (TPSA) is 71.9 Å². The van der Waals surface area contributed by atoms with Gasteiger partial charge in [0.25, 0.3) is 5.95 Å². The highest BCUT2D eigenvalue weighted by molar-refractivity contribution is 5.75. The van der Waals surface area contributed by atoms with Crippen LogP contribution in [0.25, 0.3) is 0 Å². The molecule has 2 N–H and O–H groups in total. The number of piperazine rings is 1. The number of carbonyl (C=O) groups excluding carboxylic acids is 1. The number of para-hydroxylation sites is 1. The Hall–Kier alpha value is -2.31. The minimum absolute atomic E-state index is 0.271. The van der Waals surface area contributed by atoms with E-state index in [1.54, 1.807) is 0 Å². The van der Waals surface area contributed by atoms with Gasteiger partial charge in [0.1, 0.15) is 11.5 Å². The number of benzene rings is 1. The highest BCUT2D eigenvalue weighted by Crippen LogP contribution is 2.24. The second-order valence-electron chi connectivity index (χ2n) is 5.65. The Morgan fingerprint density at radius 2 is 1.74 bits per heavy atom. The zero-order valence-electron chi connectivity index (χ0n) is 13.0. The van der Waals surface area contributed by atoms with E-state index in [0.717, 1.165) is 44.2 Å².